The van der Waals surface area contributed by atoms with Crippen molar-refractivity contribution >= 4 is 38.6 Å². The molecule has 4 atom stereocenters. The summed E-state index contributed by atoms with van der Waals surface area (Å²) in [6, 6.07) is -0.746. The maximum atomic E-state index is 12.2. The Kier molecular flexibility index (Phi) is 2.66. The minimum absolute atomic E-state index is 0.195. The zero-order valence-corrected chi connectivity index (χ0v) is 11.5. The van der Waals surface area contributed by atoms with E-state index in [0.717, 1.165) is 0 Å². The molecule has 0 aromatic rings. The molecule has 90 valence electrons. The molecule has 2 aliphatic heterocycles. The van der Waals surface area contributed by atoms with Crippen LogP contribution in [-0.2, 0) is 25.1 Å². The van der Waals surface area contributed by atoms with Crippen molar-refractivity contribution in [2.45, 2.75) is 34.8 Å². The van der Waals surface area contributed by atoms with Crippen LogP contribution in [0.15, 0.2) is 0 Å². The second-order valence-electron chi connectivity index (χ2n) is 4.36. The molecule has 1 amide bonds. The van der Waals surface area contributed by atoms with Crippen LogP contribution in [0.25, 0.3) is 0 Å². The number of nitrogens with zero attached hydrogens (tertiary/aromatic N) is 1. The van der Waals surface area contributed by atoms with Gasteiger partial charge in [-0.2, -0.15) is 0 Å². The summed E-state index contributed by atoms with van der Waals surface area (Å²) in [5.41, 5.74) is 0. The third-order valence-electron chi connectivity index (χ3n) is 3.11. The normalized spacial score (nSPS) is 40.2. The van der Waals surface area contributed by atoms with Crippen LogP contribution >= 0.6 is 15.9 Å². The number of ether oxygens (including phenoxy) is 1. The largest absolute Gasteiger partial charge is 0.467 e. The first kappa shape index (κ1) is 12.0. The molecule has 0 aromatic carbocycles. The van der Waals surface area contributed by atoms with Gasteiger partial charge in [-0.3, -0.25) is 9.00 Å². The number of rotatable bonds is 1. The van der Waals surface area contributed by atoms with Gasteiger partial charge in [0.2, 0.25) is 5.91 Å². The van der Waals surface area contributed by atoms with Gasteiger partial charge in [0, 0.05) is 0 Å². The summed E-state index contributed by atoms with van der Waals surface area (Å²) in [4.78, 5) is 24.2. The second kappa shape index (κ2) is 3.53. The van der Waals surface area contributed by atoms with E-state index >= 15 is 0 Å². The summed E-state index contributed by atoms with van der Waals surface area (Å²) < 4.78 is 16.1. The average molecular weight is 310 g/mol. The van der Waals surface area contributed by atoms with E-state index in [1.54, 1.807) is 13.8 Å². The van der Waals surface area contributed by atoms with Gasteiger partial charge in [0.05, 0.1) is 22.7 Å². The molecule has 0 radical (unpaired) electrons. The van der Waals surface area contributed by atoms with E-state index in [4.69, 9.17) is 0 Å². The molecule has 2 fully saturated rings. The molecule has 2 saturated heterocycles. The van der Waals surface area contributed by atoms with Crippen LogP contribution < -0.4 is 0 Å². The van der Waals surface area contributed by atoms with E-state index in [9.17, 15) is 13.8 Å². The molecule has 2 unspecified atom stereocenters. The van der Waals surface area contributed by atoms with Crippen LogP contribution in [0.1, 0.15) is 13.8 Å². The highest BCUT2D eigenvalue weighted by atomic mass is 79.9. The van der Waals surface area contributed by atoms with Crippen molar-refractivity contribution in [1.82, 2.24) is 4.90 Å². The highest BCUT2D eigenvalue weighted by Crippen LogP contribution is 2.46. The Bertz CT molecular complexity index is 397. The van der Waals surface area contributed by atoms with E-state index in [1.807, 2.05) is 0 Å². The van der Waals surface area contributed by atoms with Crippen molar-refractivity contribution in [2.24, 2.45) is 0 Å². The molecular weight excluding hydrogens is 298 g/mol. The standard InChI is InChI=1S/C9H12BrNO4S/c1-9(2)5(8(13)15-3)11-6(12)4(10)7(11)16(9)14/h4-5,7H,1-3H3/t4?,5-,7+,16?/m0/s1. The van der Waals surface area contributed by atoms with Crippen LogP contribution in [0.4, 0.5) is 0 Å². The van der Waals surface area contributed by atoms with Gasteiger partial charge in [0.15, 0.2) is 0 Å². The molecule has 7 heteroatoms. The monoisotopic (exact) mass is 309 g/mol. The summed E-state index contributed by atoms with van der Waals surface area (Å²) in [7, 11) is 0.00152. The number of amides is 1. The lowest BCUT2D eigenvalue weighted by Crippen LogP contribution is -2.64. The maximum absolute atomic E-state index is 12.2. The highest BCUT2D eigenvalue weighted by molar-refractivity contribution is 9.10. The molecule has 0 spiro atoms. The van der Waals surface area contributed by atoms with Gasteiger partial charge in [-0.25, -0.2) is 4.79 Å². The summed E-state index contributed by atoms with van der Waals surface area (Å²) in [5.74, 6) is -0.701. The predicted octanol–water partition coefficient (Wildman–Crippen LogP) is 0.000700. The fraction of sp³-hybridized carbons (Fsp3) is 0.778. The first-order valence-corrected chi connectivity index (χ1v) is 6.91. The van der Waals surface area contributed by atoms with Gasteiger partial charge in [-0.05, 0) is 13.8 Å². The Hall–Kier alpha value is -0.430. The van der Waals surface area contributed by atoms with Crippen molar-refractivity contribution < 1.29 is 18.5 Å². The topological polar surface area (TPSA) is 63.7 Å². The predicted molar refractivity (Wildman–Crippen MR) is 61.4 cm³/mol. The quantitative estimate of drug-likeness (QED) is 0.388. The van der Waals surface area contributed by atoms with Gasteiger partial charge in [-0.15, -0.1) is 0 Å². The van der Waals surface area contributed by atoms with E-state index < -0.39 is 37.8 Å². The van der Waals surface area contributed by atoms with Crippen molar-refractivity contribution in [3.05, 3.63) is 0 Å². The smallest absolute Gasteiger partial charge is 0.330 e. The van der Waals surface area contributed by atoms with Gasteiger partial charge in [0.25, 0.3) is 0 Å². The van der Waals surface area contributed by atoms with Crippen molar-refractivity contribution in [2.75, 3.05) is 7.11 Å². The van der Waals surface area contributed by atoms with E-state index in [2.05, 4.69) is 20.7 Å². The number of halogens is 1. The molecule has 0 aromatic heterocycles. The summed E-state index contributed by atoms with van der Waals surface area (Å²) >= 11 is 3.19. The Labute approximate surface area is 104 Å². The first-order chi connectivity index (χ1) is 7.34. The minimum atomic E-state index is -1.27. The Morgan fingerprint density at radius 3 is 2.62 bits per heavy atom. The van der Waals surface area contributed by atoms with Crippen LogP contribution in [0.2, 0.25) is 0 Å². The summed E-state index contributed by atoms with van der Waals surface area (Å²) in [5, 5.41) is -0.411. The molecular formula is C9H12BrNO4S. The molecule has 2 aliphatic rings. The molecule has 2 heterocycles. The lowest BCUT2D eigenvalue weighted by molar-refractivity contribution is -0.158. The van der Waals surface area contributed by atoms with E-state index in [1.165, 1.54) is 12.0 Å². The van der Waals surface area contributed by atoms with Gasteiger partial charge < -0.3 is 9.64 Å². The van der Waals surface area contributed by atoms with Crippen molar-refractivity contribution in [3.63, 3.8) is 0 Å². The van der Waals surface area contributed by atoms with Crippen LogP contribution in [0.3, 0.4) is 0 Å². The molecule has 0 saturated carbocycles. The Morgan fingerprint density at radius 2 is 2.12 bits per heavy atom. The zero-order chi connectivity index (χ0) is 12.2. The lowest BCUT2D eigenvalue weighted by Gasteiger charge is -2.40. The third-order valence-corrected chi connectivity index (χ3v) is 6.55. The van der Waals surface area contributed by atoms with Crippen LogP contribution in [0.5, 0.6) is 0 Å². The molecule has 16 heavy (non-hydrogen) atoms. The molecule has 0 aliphatic carbocycles. The third kappa shape index (κ3) is 1.24. The number of β-lactam (4-membered cyclic amide) rings is 1. The number of carbonyl (C=O) groups excluding carboxylic acids is 2. The molecule has 2 rings (SSSR count). The fourth-order valence-corrected chi connectivity index (χ4v) is 5.10. The van der Waals surface area contributed by atoms with Crippen molar-refractivity contribution in [1.29, 1.82) is 0 Å². The summed E-state index contributed by atoms with van der Waals surface area (Å²) in [6.45, 7) is 3.44. The van der Waals surface area contributed by atoms with Gasteiger partial charge >= 0.3 is 5.97 Å². The summed E-state index contributed by atoms with van der Waals surface area (Å²) in [6.07, 6.45) is 0. The van der Waals surface area contributed by atoms with Gasteiger partial charge in [0.1, 0.15) is 16.2 Å². The molecule has 5 nitrogen and oxygen atoms in total. The molecule has 0 bridgehead atoms. The number of methoxy groups -OCH3 is 1. The van der Waals surface area contributed by atoms with E-state index in [-0.39, 0.29) is 5.91 Å². The highest BCUT2D eigenvalue weighted by Gasteiger charge is 2.67. The number of hydrogen-bond donors (Lipinski definition) is 0. The van der Waals surface area contributed by atoms with Crippen LogP contribution in [0, 0.1) is 0 Å². The zero-order valence-electron chi connectivity index (χ0n) is 9.10. The Balaban J connectivity index is 2.41. The number of hydrogen-bond acceptors (Lipinski definition) is 4. The number of alkyl halides is 1. The molecule has 0 N–H and O–H groups in total. The SMILES string of the molecule is COC(=O)[C@@H]1N2C(=O)C(Br)[C@H]2S(=O)C1(C)C. The van der Waals surface area contributed by atoms with Crippen molar-refractivity contribution in [3.8, 4) is 0 Å². The first-order valence-electron chi connectivity index (χ1n) is 4.78. The van der Waals surface area contributed by atoms with E-state index in [0.29, 0.717) is 0 Å². The van der Waals surface area contributed by atoms with Crippen LogP contribution in [-0.4, -0.2) is 49.1 Å². The number of esters is 1. The number of fused-ring (bicyclic) bond motifs is 1. The average Bonchev–Trinajstić information content (AvgIpc) is 2.44. The second-order valence-corrected chi connectivity index (χ2v) is 7.48. The fourth-order valence-electron chi connectivity index (χ4n) is 2.20. The number of carbonyl (C=O) groups is 2. The lowest BCUT2D eigenvalue weighted by atomic mass is 9.98. The maximum Gasteiger partial charge on any atom is 0.330 e. The van der Waals surface area contributed by atoms with Gasteiger partial charge in [-0.1, -0.05) is 15.9 Å². The Morgan fingerprint density at radius 1 is 1.56 bits per heavy atom. The minimum Gasteiger partial charge on any atom is -0.467 e.